The molecule has 4 rings (SSSR count). The van der Waals surface area contributed by atoms with Gasteiger partial charge >= 0.3 is 6.09 Å². The van der Waals surface area contributed by atoms with Gasteiger partial charge in [-0.25, -0.2) is 14.2 Å². The van der Waals surface area contributed by atoms with Gasteiger partial charge in [-0.1, -0.05) is 12.1 Å². The first kappa shape index (κ1) is 21.4. The number of anilines is 2. The Labute approximate surface area is 183 Å². The molecule has 1 amide bonds. The van der Waals surface area contributed by atoms with Gasteiger partial charge in [-0.2, -0.15) is 0 Å². The van der Waals surface area contributed by atoms with Crippen molar-refractivity contribution in [1.29, 1.82) is 0 Å². The SMILES string of the molecule is CC(C)(C)OC(=O)N1CCN(c2cc(-c3ccc(F)cc3)cc(N3CCCC3)n2)CC1. The first-order chi connectivity index (χ1) is 14.8. The summed E-state index contributed by atoms with van der Waals surface area (Å²) in [4.78, 5) is 23.6. The summed E-state index contributed by atoms with van der Waals surface area (Å²) in [7, 11) is 0. The standard InChI is InChI=1S/C24H31FN4O2/c1-24(2,3)31-23(30)29-14-12-28(13-15-29)22-17-19(18-6-8-20(25)9-7-18)16-21(26-22)27-10-4-5-11-27/h6-9,16-17H,4-5,10-15H2,1-3H3. The second-order valence-corrected chi connectivity index (χ2v) is 9.23. The van der Waals surface area contributed by atoms with E-state index < -0.39 is 5.60 Å². The van der Waals surface area contributed by atoms with E-state index in [1.165, 1.54) is 25.0 Å². The molecule has 2 aromatic rings. The van der Waals surface area contributed by atoms with Crippen molar-refractivity contribution in [2.45, 2.75) is 39.2 Å². The van der Waals surface area contributed by atoms with Crippen LogP contribution in [0.2, 0.25) is 0 Å². The Morgan fingerprint density at radius 1 is 0.871 bits per heavy atom. The second kappa shape index (κ2) is 8.73. The highest BCUT2D eigenvalue weighted by atomic mass is 19.1. The summed E-state index contributed by atoms with van der Waals surface area (Å²) in [6.45, 7) is 10.2. The maximum atomic E-state index is 13.4. The number of pyridine rings is 1. The Balaban J connectivity index is 1.55. The normalized spacial score (nSPS) is 17.2. The molecule has 2 aliphatic rings. The predicted octanol–water partition coefficient (Wildman–Crippen LogP) is 4.55. The van der Waals surface area contributed by atoms with Gasteiger partial charge in [-0.15, -0.1) is 0 Å². The topological polar surface area (TPSA) is 48.9 Å². The summed E-state index contributed by atoms with van der Waals surface area (Å²) in [6, 6.07) is 10.8. The van der Waals surface area contributed by atoms with Crippen molar-refractivity contribution in [3.05, 3.63) is 42.2 Å². The van der Waals surface area contributed by atoms with Crippen molar-refractivity contribution >= 4 is 17.7 Å². The van der Waals surface area contributed by atoms with Crippen molar-refractivity contribution in [1.82, 2.24) is 9.88 Å². The number of aromatic nitrogens is 1. The minimum Gasteiger partial charge on any atom is -0.444 e. The molecular formula is C24H31FN4O2. The zero-order valence-corrected chi connectivity index (χ0v) is 18.6. The third-order valence-electron chi connectivity index (χ3n) is 5.66. The minimum absolute atomic E-state index is 0.240. The third-order valence-corrected chi connectivity index (χ3v) is 5.66. The van der Waals surface area contributed by atoms with Gasteiger partial charge in [0.15, 0.2) is 0 Å². The first-order valence-electron chi connectivity index (χ1n) is 11.0. The van der Waals surface area contributed by atoms with Crippen LogP contribution in [0.4, 0.5) is 20.8 Å². The quantitative estimate of drug-likeness (QED) is 0.721. The average Bonchev–Trinajstić information content (AvgIpc) is 3.28. The van der Waals surface area contributed by atoms with E-state index in [9.17, 15) is 9.18 Å². The zero-order chi connectivity index (χ0) is 22.0. The maximum Gasteiger partial charge on any atom is 0.410 e. The summed E-state index contributed by atoms with van der Waals surface area (Å²) in [5.74, 6) is 1.62. The number of piperazine rings is 1. The number of carbonyl (C=O) groups excluding carboxylic acids is 1. The Hall–Kier alpha value is -2.83. The highest BCUT2D eigenvalue weighted by molar-refractivity contribution is 5.72. The summed E-state index contributed by atoms with van der Waals surface area (Å²) in [5, 5.41) is 0. The fourth-order valence-electron chi connectivity index (χ4n) is 4.03. The lowest BCUT2D eigenvalue weighted by atomic mass is 10.1. The van der Waals surface area contributed by atoms with Gasteiger partial charge < -0.3 is 19.4 Å². The molecule has 6 nitrogen and oxygen atoms in total. The van der Waals surface area contributed by atoms with Crippen molar-refractivity contribution in [3.63, 3.8) is 0 Å². The Bertz CT molecular complexity index is 912. The van der Waals surface area contributed by atoms with Gasteiger partial charge in [-0.05, 0) is 69.0 Å². The van der Waals surface area contributed by atoms with Crippen LogP contribution < -0.4 is 9.80 Å². The highest BCUT2D eigenvalue weighted by Crippen LogP contribution is 2.30. The fourth-order valence-corrected chi connectivity index (χ4v) is 4.03. The molecule has 1 aromatic carbocycles. The monoisotopic (exact) mass is 426 g/mol. The van der Waals surface area contributed by atoms with Crippen LogP contribution >= 0.6 is 0 Å². The molecule has 0 saturated carbocycles. The van der Waals surface area contributed by atoms with Crippen LogP contribution in [0.3, 0.4) is 0 Å². The van der Waals surface area contributed by atoms with Crippen LogP contribution in [-0.4, -0.2) is 60.8 Å². The van der Waals surface area contributed by atoms with Crippen LogP contribution in [0, 0.1) is 5.82 Å². The van der Waals surface area contributed by atoms with E-state index in [4.69, 9.17) is 9.72 Å². The van der Waals surface area contributed by atoms with Crippen LogP contribution in [0.15, 0.2) is 36.4 Å². The summed E-state index contributed by atoms with van der Waals surface area (Å²) in [6.07, 6.45) is 2.08. The molecule has 0 aliphatic carbocycles. The number of ether oxygens (including phenoxy) is 1. The number of hydrogen-bond acceptors (Lipinski definition) is 5. The van der Waals surface area contributed by atoms with E-state index in [1.54, 1.807) is 4.90 Å². The molecule has 31 heavy (non-hydrogen) atoms. The summed E-state index contributed by atoms with van der Waals surface area (Å²) in [5.41, 5.74) is 1.50. The molecule has 0 bridgehead atoms. The lowest BCUT2D eigenvalue weighted by molar-refractivity contribution is 0.0240. The lowest BCUT2D eigenvalue weighted by Gasteiger charge is -2.36. The molecule has 0 unspecified atom stereocenters. The van der Waals surface area contributed by atoms with E-state index >= 15 is 0 Å². The molecule has 2 saturated heterocycles. The van der Waals surface area contributed by atoms with Gasteiger partial charge in [-0.3, -0.25) is 0 Å². The predicted molar refractivity (Wildman–Crippen MR) is 121 cm³/mol. The second-order valence-electron chi connectivity index (χ2n) is 9.23. The van der Waals surface area contributed by atoms with Crippen molar-refractivity contribution in [2.75, 3.05) is 49.1 Å². The molecule has 0 atom stereocenters. The molecule has 0 radical (unpaired) electrons. The maximum absolute atomic E-state index is 13.4. The van der Waals surface area contributed by atoms with Gasteiger partial charge in [0.05, 0.1) is 0 Å². The Kier molecular flexibility index (Phi) is 6.03. The summed E-state index contributed by atoms with van der Waals surface area (Å²) < 4.78 is 18.9. The number of hydrogen-bond donors (Lipinski definition) is 0. The molecule has 7 heteroatoms. The van der Waals surface area contributed by atoms with E-state index in [2.05, 4.69) is 21.9 Å². The number of amides is 1. The minimum atomic E-state index is -0.496. The third kappa shape index (κ3) is 5.27. The van der Waals surface area contributed by atoms with E-state index in [-0.39, 0.29) is 11.9 Å². The largest absolute Gasteiger partial charge is 0.444 e. The number of halogens is 1. The zero-order valence-electron chi connectivity index (χ0n) is 18.6. The van der Waals surface area contributed by atoms with E-state index in [0.29, 0.717) is 26.2 Å². The van der Waals surface area contributed by atoms with E-state index in [0.717, 1.165) is 35.9 Å². The van der Waals surface area contributed by atoms with Gasteiger partial charge in [0.2, 0.25) is 0 Å². The molecule has 0 N–H and O–H groups in total. The fraction of sp³-hybridized carbons (Fsp3) is 0.500. The Morgan fingerprint density at radius 2 is 1.42 bits per heavy atom. The number of rotatable bonds is 3. The van der Waals surface area contributed by atoms with Crippen LogP contribution in [0.25, 0.3) is 11.1 Å². The molecular weight excluding hydrogens is 395 g/mol. The first-order valence-corrected chi connectivity index (χ1v) is 11.0. The van der Waals surface area contributed by atoms with Gasteiger partial charge in [0.25, 0.3) is 0 Å². The number of carbonyl (C=O) groups is 1. The van der Waals surface area contributed by atoms with Gasteiger partial charge in [0.1, 0.15) is 23.1 Å². The van der Waals surface area contributed by atoms with Crippen LogP contribution in [0.1, 0.15) is 33.6 Å². The molecule has 2 fully saturated rings. The smallest absolute Gasteiger partial charge is 0.410 e. The molecule has 1 aromatic heterocycles. The molecule has 0 spiro atoms. The van der Waals surface area contributed by atoms with Crippen molar-refractivity contribution < 1.29 is 13.9 Å². The van der Waals surface area contributed by atoms with Crippen LogP contribution in [0.5, 0.6) is 0 Å². The molecule has 166 valence electrons. The van der Waals surface area contributed by atoms with E-state index in [1.807, 2.05) is 32.9 Å². The van der Waals surface area contributed by atoms with Crippen molar-refractivity contribution in [2.24, 2.45) is 0 Å². The number of nitrogens with zero attached hydrogens (tertiary/aromatic N) is 4. The highest BCUT2D eigenvalue weighted by Gasteiger charge is 2.27. The molecule has 3 heterocycles. The van der Waals surface area contributed by atoms with Crippen LogP contribution in [-0.2, 0) is 4.74 Å². The van der Waals surface area contributed by atoms with Crippen molar-refractivity contribution in [3.8, 4) is 11.1 Å². The number of benzene rings is 1. The molecule has 2 aliphatic heterocycles. The Morgan fingerprint density at radius 3 is 1.97 bits per heavy atom. The van der Waals surface area contributed by atoms with Gasteiger partial charge in [0, 0.05) is 39.3 Å². The summed E-state index contributed by atoms with van der Waals surface area (Å²) >= 11 is 0. The lowest BCUT2D eigenvalue weighted by Crippen LogP contribution is -2.50. The average molecular weight is 427 g/mol.